The summed E-state index contributed by atoms with van der Waals surface area (Å²) in [4.78, 5) is 11.6. The fourth-order valence-corrected chi connectivity index (χ4v) is 2.94. The van der Waals surface area contributed by atoms with Crippen molar-refractivity contribution in [1.29, 1.82) is 0 Å². The van der Waals surface area contributed by atoms with Crippen molar-refractivity contribution in [2.24, 2.45) is 7.05 Å². The summed E-state index contributed by atoms with van der Waals surface area (Å²) < 4.78 is 21.3. The molecule has 132 valence electrons. The smallest absolute Gasteiger partial charge is 0.256 e. The van der Waals surface area contributed by atoms with Crippen LogP contribution in [0.25, 0.3) is 22.2 Å². The third-order valence-electron chi connectivity index (χ3n) is 4.16. The second-order valence-electron chi connectivity index (χ2n) is 5.94. The van der Waals surface area contributed by atoms with E-state index in [-0.39, 0.29) is 11.6 Å². The third-order valence-corrected chi connectivity index (χ3v) is 4.16. The van der Waals surface area contributed by atoms with Crippen LogP contribution in [0.1, 0.15) is 5.56 Å². The van der Waals surface area contributed by atoms with Gasteiger partial charge in [-0.15, -0.1) is 5.10 Å². The molecule has 0 fully saturated rings. The van der Waals surface area contributed by atoms with Crippen LogP contribution >= 0.6 is 0 Å². The highest BCUT2D eigenvalue weighted by molar-refractivity contribution is 5.96. The molecule has 7 nitrogen and oxygen atoms in total. The summed E-state index contributed by atoms with van der Waals surface area (Å²) in [5.41, 5.74) is 3.56. The molecule has 0 unspecified atom stereocenters. The normalized spacial score (nSPS) is 11.1. The van der Waals surface area contributed by atoms with Gasteiger partial charge in [0.25, 0.3) is 5.88 Å². The van der Waals surface area contributed by atoms with E-state index in [0.29, 0.717) is 17.1 Å². The summed E-state index contributed by atoms with van der Waals surface area (Å²) in [5.74, 6) is 0.176. The van der Waals surface area contributed by atoms with E-state index in [1.807, 2.05) is 25.1 Å². The van der Waals surface area contributed by atoms with Gasteiger partial charge in [-0.25, -0.2) is 14.4 Å². The predicted octanol–water partition coefficient (Wildman–Crippen LogP) is 3.56. The summed E-state index contributed by atoms with van der Waals surface area (Å²) in [6.07, 6.45) is 4.65. The van der Waals surface area contributed by atoms with E-state index < -0.39 is 5.82 Å². The Bertz CT molecular complexity index is 1100. The molecule has 2 N–H and O–H groups in total. The number of fused-ring (bicyclic) bond motifs is 1. The molecule has 0 saturated heterocycles. The van der Waals surface area contributed by atoms with E-state index in [0.717, 1.165) is 22.7 Å². The van der Waals surface area contributed by atoms with Crippen LogP contribution in [0.15, 0.2) is 36.8 Å². The Hall–Kier alpha value is -3.42. The van der Waals surface area contributed by atoms with Crippen molar-refractivity contribution in [3.63, 3.8) is 0 Å². The Kier molecular flexibility index (Phi) is 3.80. The first-order valence-electron chi connectivity index (χ1n) is 8.01. The van der Waals surface area contributed by atoms with Gasteiger partial charge in [0.1, 0.15) is 11.4 Å². The molecule has 0 aliphatic heterocycles. The number of aryl methyl sites for hydroxylation is 2. The molecule has 3 aromatic heterocycles. The molecule has 0 saturated carbocycles. The number of H-pyrrole nitrogens is 1. The lowest BCUT2D eigenvalue weighted by Crippen LogP contribution is -2.01. The van der Waals surface area contributed by atoms with Crippen LogP contribution in [-0.4, -0.2) is 31.8 Å². The van der Waals surface area contributed by atoms with Gasteiger partial charge in [-0.1, -0.05) is 18.2 Å². The van der Waals surface area contributed by atoms with Crippen molar-refractivity contribution in [2.45, 2.75) is 6.92 Å². The van der Waals surface area contributed by atoms with Gasteiger partial charge in [0, 0.05) is 29.7 Å². The fourth-order valence-electron chi connectivity index (χ4n) is 2.94. The fraction of sp³-hybridized carbons (Fsp3) is 0.167. The van der Waals surface area contributed by atoms with Crippen LogP contribution in [0.3, 0.4) is 0 Å². The molecule has 4 rings (SSSR count). The number of halogens is 1. The molecular weight excluding hydrogens is 335 g/mol. The summed E-state index contributed by atoms with van der Waals surface area (Å²) in [5, 5.41) is 8.10. The average molecular weight is 352 g/mol. The lowest BCUT2D eigenvalue weighted by atomic mass is 10.1. The molecule has 0 radical (unpaired) electrons. The van der Waals surface area contributed by atoms with Gasteiger partial charge in [0.2, 0.25) is 5.95 Å². The van der Waals surface area contributed by atoms with Crippen LogP contribution in [0, 0.1) is 12.7 Å². The van der Waals surface area contributed by atoms with Crippen LogP contribution in [0.2, 0.25) is 0 Å². The summed E-state index contributed by atoms with van der Waals surface area (Å²) >= 11 is 0. The van der Waals surface area contributed by atoms with Crippen molar-refractivity contribution in [3.05, 3.63) is 48.2 Å². The lowest BCUT2D eigenvalue weighted by molar-refractivity contribution is 0.393. The first-order valence-corrected chi connectivity index (χ1v) is 8.01. The van der Waals surface area contributed by atoms with Crippen molar-refractivity contribution < 1.29 is 9.13 Å². The Labute approximate surface area is 148 Å². The summed E-state index contributed by atoms with van der Waals surface area (Å²) in [6, 6.07) is 5.88. The molecule has 3 heterocycles. The number of hydrogen-bond acceptors (Lipinski definition) is 5. The highest BCUT2D eigenvalue weighted by Gasteiger charge is 2.16. The zero-order chi connectivity index (χ0) is 18.3. The standard InChI is InChI=1S/C18H17FN6O/c1-10-5-4-6-11-12(7-20-15(10)11)16-13(19)8-21-18(23-16)22-14-9-25(2)24-17(14)26-3/h4-9,20H,1-3H3,(H,21,22,23). The number of hydrogen-bond donors (Lipinski definition) is 2. The number of nitrogens with zero attached hydrogens (tertiary/aromatic N) is 4. The monoisotopic (exact) mass is 352 g/mol. The molecule has 1 aromatic carbocycles. The maximum atomic E-state index is 14.4. The van der Waals surface area contributed by atoms with E-state index in [1.165, 1.54) is 7.11 Å². The first-order chi connectivity index (χ1) is 12.6. The zero-order valence-corrected chi connectivity index (χ0v) is 14.5. The second-order valence-corrected chi connectivity index (χ2v) is 5.94. The van der Waals surface area contributed by atoms with Crippen molar-refractivity contribution in [1.82, 2.24) is 24.7 Å². The minimum Gasteiger partial charge on any atom is -0.478 e. The summed E-state index contributed by atoms with van der Waals surface area (Å²) in [7, 11) is 3.30. The maximum Gasteiger partial charge on any atom is 0.256 e. The maximum absolute atomic E-state index is 14.4. The quantitative estimate of drug-likeness (QED) is 0.587. The van der Waals surface area contributed by atoms with Crippen LogP contribution in [-0.2, 0) is 7.05 Å². The number of methoxy groups -OCH3 is 1. The zero-order valence-electron chi connectivity index (χ0n) is 14.5. The highest BCUT2D eigenvalue weighted by Crippen LogP contribution is 2.31. The van der Waals surface area contributed by atoms with Gasteiger partial charge in [-0.3, -0.25) is 4.68 Å². The number of aromatic nitrogens is 5. The Morgan fingerprint density at radius 2 is 2.15 bits per heavy atom. The second kappa shape index (κ2) is 6.14. The van der Waals surface area contributed by atoms with Crippen molar-refractivity contribution in [3.8, 4) is 17.1 Å². The number of benzene rings is 1. The first kappa shape index (κ1) is 16.1. The molecule has 26 heavy (non-hydrogen) atoms. The molecule has 4 aromatic rings. The Balaban J connectivity index is 1.78. The number of ether oxygens (including phenoxy) is 1. The van der Waals surface area contributed by atoms with Crippen LogP contribution in [0.4, 0.5) is 16.0 Å². The predicted molar refractivity (Wildman–Crippen MR) is 97.1 cm³/mol. The number of rotatable bonds is 4. The lowest BCUT2D eigenvalue weighted by Gasteiger charge is -2.07. The molecular formula is C18H17FN6O. The molecule has 0 atom stereocenters. The van der Waals surface area contributed by atoms with E-state index in [1.54, 1.807) is 24.1 Å². The van der Waals surface area contributed by atoms with Crippen LogP contribution < -0.4 is 10.1 Å². The van der Waals surface area contributed by atoms with Gasteiger partial charge < -0.3 is 15.0 Å². The SMILES string of the molecule is COc1nn(C)cc1Nc1ncc(F)c(-c2c[nH]c3c(C)cccc23)n1. The minimum atomic E-state index is -0.490. The molecule has 0 spiro atoms. The van der Waals surface area contributed by atoms with E-state index >= 15 is 0 Å². The van der Waals surface area contributed by atoms with E-state index in [2.05, 4.69) is 25.4 Å². The van der Waals surface area contributed by atoms with E-state index in [4.69, 9.17) is 4.74 Å². The molecule has 8 heteroatoms. The van der Waals surface area contributed by atoms with Gasteiger partial charge in [-0.2, -0.15) is 0 Å². The highest BCUT2D eigenvalue weighted by atomic mass is 19.1. The number of nitrogens with one attached hydrogen (secondary N) is 2. The van der Waals surface area contributed by atoms with Gasteiger partial charge in [-0.05, 0) is 12.5 Å². The van der Waals surface area contributed by atoms with Gasteiger partial charge in [0.05, 0.1) is 19.5 Å². The number of anilines is 2. The number of aromatic amines is 1. The topological polar surface area (TPSA) is 80.6 Å². The number of para-hydroxylation sites is 1. The largest absolute Gasteiger partial charge is 0.478 e. The molecule has 0 aliphatic carbocycles. The van der Waals surface area contributed by atoms with Gasteiger partial charge in [0.15, 0.2) is 5.82 Å². The molecule has 0 aliphatic rings. The average Bonchev–Trinajstić information content (AvgIpc) is 3.21. The van der Waals surface area contributed by atoms with E-state index in [9.17, 15) is 4.39 Å². The third kappa shape index (κ3) is 2.65. The minimum absolute atomic E-state index is 0.224. The van der Waals surface area contributed by atoms with Crippen molar-refractivity contribution >= 4 is 22.5 Å². The van der Waals surface area contributed by atoms with Crippen LogP contribution in [0.5, 0.6) is 5.88 Å². The molecule has 0 bridgehead atoms. The Morgan fingerprint density at radius 3 is 2.96 bits per heavy atom. The molecule has 0 amide bonds. The van der Waals surface area contributed by atoms with Crippen molar-refractivity contribution in [2.75, 3.05) is 12.4 Å². The Morgan fingerprint density at radius 1 is 1.31 bits per heavy atom. The summed E-state index contributed by atoms with van der Waals surface area (Å²) in [6.45, 7) is 2.00. The van der Waals surface area contributed by atoms with Gasteiger partial charge >= 0.3 is 0 Å².